The van der Waals surface area contributed by atoms with Crippen LogP contribution in [0.5, 0.6) is 0 Å². The van der Waals surface area contributed by atoms with Gasteiger partial charge in [0.2, 0.25) is 0 Å². The fraction of sp³-hybridized carbons (Fsp3) is 0.375. The van der Waals surface area contributed by atoms with Gasteiger partial charge in [-0.3, -0.25) is 14.5 Å². The fourth-order valence-corrected chi connectivity index (χ4v) is 4.81. The summed E-state index contributed by atoms with van der Waals surface area (Å²) in [6.45, 7) is 4.94. The molecule has 1 atom stereocenters. The number of carbonyl (C=O) groups is 2. The number of thiophene rings is 1. The first-order chi connectivity index (χ1) is 16.6. The van der Waals surface area contributed by atoms with Crippen LogP contribution in [0.15, 0.2) is 52.8 Å². The number of benzene rings is 1. The molecule has 0 spiro atoms. The zero-order chi connectivity index (χ0) is 25.6. The Morgan fingerprint density at radius 2 is 1.83 bits per heavy atom. The highest BCUT2D eigenvalue weighted by Crippen LogP contribution is 2.27. The van der Waals surface area contributed by atoms with E-state index < -0.39 is 12.1 Å². The van der Waals surface area contributed by atoms with Crippen molar-refractivity contribution in [1.29, 1.82) is 0 Å². The van der Waals surface area contributed by atoms with E-state index in [1.807, 2.05) is 23.6 Å². The van der Waals surface area contributed by atoms with Gasteiger partial charge in [-0.2, -0.15) is 13.2 Å². The number of nitrogens with zero attached hydrogens (tertiary/aromatic N) is 1. The number of carboxylic acids is 1. The number of likely N-dealkylation sites (tertiary alicyclic amines) is 1. The number of rotatable bonds is 5. The molecule has 0 saturated carbocycles. The van der Waals surface area contributed by atoms with Crippen LogP contribution in [0.4, 0.5) is 13.2 Å². The van der Waals surface area contributed by atoms with Gasteiger partial charge in [0.05, 0.1) is 21.7 Å². The molecule has 0 aliphatic carbocycles. The quantitative estimate of drug-likeness (QED) is 0.473. The summed E-state index contributed by atoms with van der Waals surface area (Å²) in [6.07, 6.45) is -1.18. The molecule has 1 saturated heterocycles. The van der Waals surface area contributed by atoms with E-state index in [9.17, 15) is 22.8 Å². The number of nitrogens with one attached hydrogen (secondary N) is 2. The molecular formula is C24H26F3N3O4S. The van der Waals surface area contributed by atoms with Crippen molar-refractivity contribution in [2.45, 2.75) is 32.0 Å². The number of carbonyl (C=O) groups excluding carboxylic acids is 1. The summed E-state index contributed by atoms with van der Waals surface area (Å²) in [5.41, 5.74) is 1.60. The van der Waals surface area contributed by atoms with Gasteiger partial charge in [0.25, 0.3) is 11.5 Å². The summed E-state index contributed by atoms with van der Waals surface area (Å²) >= 11 is 1.42. The number of alkyl halides is 3. The molecule has 35 heavy (non-hydrogen) atoms. The lowest BCUT2D eigenvalue weighted by Gasteiger charge is -2.37. The van der Waals surface area contributed by atoms with Crippen molar-refractivity contribution in [1.82, 2.24) is 15.2 Å². The van der Waals surface area contributed by atoms with Crippen LogP contribution in [0.25, 0.3) is 10.1 Å². The molecule has 3 heterocycles. The first-order valence-electron chi connectivity index (χ1n) is 11.0. The van der Waals surface area contributed by atoms with E-state index in [1.165, 1.54) is 35.9 Å². The minimum Gasteiger partial charge on any atom is -0.475 e. The number of amides is 1. The Morgan fingerprint density at radius 3 is 2.43 bits per heavy atom. The van der Waals surface area contributed by atoms with Gasteiger partial charge in [-0.05, 0) is 48.9 Å². The third kappa shape index (κ3) is 6.92. The van der Waals surface area contributed by atoms with E-state index in [2.05, 4.69) is 34.3 Å². The Kier molecular flexibility index (Phi) is 8.68. The van der Waals surface area contributed by atoms with Crippen molar-refractivity contribution in [3.8, 4) is 0 Å². The molecule has 1 aromatic carbocycles. The van der Waals surface area contributed by atoms with E-state index in [4.69, 9.17) is 9.90 Å². The largest absolute Gasteiger partial charge is 0.490 e. The lowest BCUT2D eigenvalue weighted by atomic mass is 9.95. The predicted molar refractivity (Wildman–Crippen MR) is 128 cm³/mol. The summed E-state index contributed by atoms with van der Waals surface area (Å²) < 4.78 is 32.5. The van der Waals surface area contributed by atoms with Crippen molar-refractivity contribution in [2.75, 3.05) is 19.6 Å². The number of piperidine rings is 1. The number of hydrogen-bond acceptors (Lipinski definition) is 5. The Labute approximate surface area is 203 Å². The minimum absolute atomic E-state index is 0.144. The average Bonchev–Trinajstić information content (AvgIpc) is 3.32. The van der Waals surface area contributed by atoms with Gasteiger partial charge in [-0.1, -0.05) is 37.3 Å². The molecule has 0 radical (unpaired) electrons. The number of carboxylic acid groups (broad SMARTS) is 1. The van der Waals surface area contributed by atoms with Gasteiger partial charge in [-0.25, -0.2) is 4.79 Å². The molecule has 1 aliphatic rings. The number of halogens is 3. The molecule has 0 bridgehead atoms. The van der Waals surface area contributed by atoms with Crippen LogP contribution in [-0.4, -0.2) is 52.7 Å². The molecule has 1 unspecified atom stereocenters. The Hall–Kier alpha value is -3.18. The zero-order valence-electron chi connectivity index (χ0n) is 19.0. The molecule has 3 aromatic rings. The van der Waals surface area contributed by atoms with Crippen molar-refractivity contribution >= 4 is 33.3 Å². The molecule has 1 amide bonds. The second-order valence-corrected chi connectivity index (χ2v) is 9.27. The molecule has 11 heteroatoms. The standard InChI is InChI=1S/C22H25N3O2S.C2HF3O2/c1-15-7-10-25(11-8-15)19(16-5-3-2-4-6-16)14-24-22(27)18-13-23-21(26)17-9-12-28-20(17)18;3-2(4,5)1(6)7/h2-6,9,12-13,15,19H,7-8,10-11,14H2,1H3,(H,23,26)(H,24,27);(H,6,7). The third-order valence-electron chi connectivity index (χ3n) is 5.89. The van der Waals surface area contributed by atoms with Crippen LogP contribution in [0, 0.1) is 5.92 Å². The first kappa shape index (κ1) is 26.4. The minimum atomic E-state index is -5.08. The molecule has 3 N–H and O–H groups in total. The van der Waals surface area contributed by atoms with Crippen molar-refractivity contribution < 1.29 is 27.9 Å². The van der Waals surface area contributed by atoms with E-state index in [1.54, 1.807) is 6.07 Å². The fourth-order valence-electron chi connectivity index (χ4n) is 3.90. The first-order valence-corrected chi connectivity index (χ1v) is 11.9. The molecule has 7 nitrogen and oxygen atoms in total. The van der Waals surface area contributed by atoms with Crippen molar-refractivity contribution in [2.24, 2.45) is 5.92 Å². The Balaban J connectivity index is 0.000000429. The van der Waals surface area contributed by atoms with Crippen LogP contribution in [0.1, 0.15) is 41.7 Å². The van der Waals surface area contributed by atoms with Crippen LogP contribution >= 0.6 is 11.3 Å². The Morgan fingerprint density at radius 1 is 1.20 bits per heavy atom. The van der Waals surface area contributed by atoms with Crippen molar-refractivity contribution in [3.63, 3.8) is 0 Å². The topological polar surface area (TPSA) is 103 Å². The molecule has 1 aliphatic heterocycles. The molecule has 2 aromatic heterocycles. The summed E-state index contributed by atoms with van der Waals surface area (Å²) in [6, 6.07) is 12.3. The third-order valence-corrected chi connectivity index (χ3v) is 6.84. The monoisotopic (exact) mass is 509 g/mol. The Bertz CT molecular complexity index is 1200. The smallest absolute Gasteiger partial charge is 0.475 e. The summed E-state index contributed by atoms with van der Waals surface area (Å²) in [5, 5.41) is 12.7. The highest BCUT2D eigenvalue weighted by Gasteiger charge is 2.38. The number of fused-ring (bicyclic) bond motifs is 1. The maximum atomic E-state index is 12.9. The number of H-pyrrole nitrogens is 1. The normalized spacial score (nSPS) is 15.8. The van der Waals surface area contributed by atoms with Crippen LogP contribution in [-0.2, 0) is 4.79 Å². The maximum absolute atomic E-state index is 12.9. The van der Waals surface area contributed by atoms with Gasteiger partial charge < -0.3 is 15.4 Å². The van der Waals surface area contributed by atoms with Crippen LogP contribution in [0.2, 0.25) is 0 Å². The van der Waals surface area contributed by atoms with E-state index in [0.717, 1.165) is 23.7 Å². The summed E-state index contributed by atoms with van der Waals surface area (Å²) in [5.74, 6) is -2.14. The van der Waals surface area contributed by atoms with Gasteiger partial charge >= 0.3 is 12.1 Å². The molecule has 1 fully saturated rings. The summed E-state index contributed by atoms with van der Waals surface area (Å²) in [4.78, 5) is 38.9. The van der Waals surface area contributed by atoms with Gasteiger partial charge in [-0.15, -0.1) is 11.3 Å². The second kappa shape index (κ2) is 11.5. The number of aliphatic carboxylic acids is 1. The molecular weight excluding hydrogens is 483 g/mol. The maximum Gasteiger partial charge on any atom is 0.490 e. The zero-order valence-corrected chi connectivity index (χ0v) is 19.8. The van der Waals surface area contributed by atoms with Crippen molar-refractivity contribution in [3.05, 3.63) is 69.5 Å². The number of hydrogen-bond donors (Lipinski definition) is 3. The van der Waals surface area contributed by atoms with E-state index >= 15 is 0 Å². The number of aromatic amines is 1. The highest BCUT2D eigenvalue weighted by atomic mass is 32.1. The van der Waals surface area contributed by atoms with E-state index in [-0.39, 0.29) is 17.5 Å². The van der Waals surface area contributed by atoms with Crippen LogP contribution in [0.3, 0.4) is 0 Å². The SMILES string of the molecule is CC1CCN(C(CNC(=O)c2c[nH]c(=O)c3ccsc23)c2ccccc2)CC1.O=C(O)C(F)(F)F. The summed E-state index contributed by atoms with van der Waals surface area (Å²) in [7, 11) is 0. The van der Waals surface area contributed by atoms with Gasteiger partial charge in [0.15, 0.2) is 0 Å². The lowest BCUT2D eigenvalue weighted by molar-refractivity contribution is -0.192. The van der Waals surface area contributed by atoms with Gasteiger partial charge in [0.1, 0.15) is 0 Å². The van der Waals surface area contributed by atoms with Gasteiger partial charge in [0, 0.05) is 12.7 Å². The van der Waals surface area contributed by atoms with E-state index in [0.29, 0.717) is 17.5 Å². The number of pyridine rings is 1. The molecule has 188 valence electrons. The molecule has 4 rings (SSSR count). The average molecular weight is 510 g/mol. The lowest BCUT2D eigenvalue weighted by Crippen LogP contribution is -2.42. The predicted octanol–water partition coefficient (Wildman–Crippen LogP) is 4.43. The second-order valence-electron chi connectivity index (χ2n) is 8.35. The van der Waals surface area contributed by atoms with Crippen LogP contribution < -0.4 is 10.9 Å². The number of aromatic nitrogens is 1. The highest BCUT2D eigenvalue weighted by molar-refractivity contribution is 7.17.